The predicted octanol–water partition coefficient (Wildman–Crippen LogP) is 3.07. The molecule has 0 bridgehead atoms. The van der Waals surface area contributed by atoms with Crippen molar-refractivity contribution in [2.24, 2.45) is 10.2 Å². The summed E-state index contributed by atoms with van der Waals surface area (Å²) in [4.78, 5) is 13.7. The molecule has 8 nitrogen and oxygen atoms in total. The molecule has 1 aliphatic heterocycles. The number of quaternary nitrogens is 1. The minimum absolute atomic E-state index is 0.0291. The molecule has 1 amide bonds. The lowest BCUT2D eigenvalue weighted by atomic mass is 10.1. The molecule has 3 aromatic rings. The van der Waals surface area contributed by atoms with E-state index < -0.39 is 5.91 Å². The Morgan fingerprint density at radius 2 is 1.77 bits per heavy atom. The van der Waals surface area contributed by atoms with Gasteiger partial charge in [-0.15, -0.1) is 10.2 Å². The van der Waals surface area contributed by atoms with Gasteiger partial charge in [0.15, 0.2) is 30.5 Å². The van der Waals surface area contributed by atoms with Crippen molar-refractivity contribution in [1.29, 1.82) is 0 Å². The van der Waals surface area contributed by atoms with Crippen molar-refractivity contribution < 1.29 is 24.3 Å². The van der Waals surface area contributed by atoms with Gasteiger partial charge in [-0.3, -0.25) is 9.36 Å². The molecule has 162 valence electrons. The van der Waals surface area contributed by atoms with E-state index in [0.717, 1.165) is 24.0 Å². The summed E-state index contributed by atoms with van der Waals surface area (Å²) >= 11 is 0. The lowest BCUT2D eigenvalue weighted by Crippen LogP contribution is -3.12. The smallest absolute Gasteiger partial charge is 0.302 e. The lowest BCUT2D eigenvalue weighted by molar-refractivity contribution is -0.927. The second kappa shape index (κ2) is 9.61. The van der Waals surface area contributed by atoms with Crippen LogP contribution in [0.3, 0.4) is 0 Å². The fourth-order valence-electron chi connectivity index (χ4n) is 3.98. The second-order valence-corrected chi connectivity index (χ2v) is 7.62. The fraction of sp³-hybridized carbons (Fsp3) is 0.348. The summed E-state index contributed by atoms with van der Waals surface area (Å²) in [7, 11) is 1.54. The van der Waals surface area contributed by atoms with E-state index in [9.17, 15) is 9.90 Å². The molecule has 0 radical (unpaired) electrons. The summed E-state index contributed by atoms with van der Waals surface area (Å²) in [6.45, 7) is 2.55. The molecule has 1 saturated heterocycles. The number of carbonyl (C=O) groups is 1. The molecule has 8 heteroatoms. The minimum atomic E-state index is -0.552. The van der Waals surface area contributed by atoms with Gasteiger partial charge in [0.2, 0.25) is 5.88 Å². The third-order valence-electron chi connectivity index (χ3n) is 5.54. The molecule has 0 atom stereocenters. The fourth-order valence-corrected chi connectivity index (χ4v) is 3.98. The topological polar surface area (TPSA) is 89.8 Å². The molecular weight excluding hydrogens is 396 g/mol. The van der Waals surface area contributed by atoms with Gasteiger partial charge in [0.1, 0.15) is 0 Å². The molecule has 0 spiro atoms. The number of carbonyl (C=O) groups excluding carboxylic acids is 1. The normalized spacial score (nSPS) is 14.9. The molecule has 2 heterocycles. The van der Waals surface area contributed by atoms with Crippen LogP contribution in [-0.4, -0.2) is 42.4 Å². The molecule has 4 rings (SSSR count). The summed E-state index contributed by atoms with van der Waals surface area (Å²) in [6.07, 6.45) is 3.66. The van der Waals surface area contributed by atoms with Gasteiger partial charge in [0, 0.05) is 5.39 Å². The maximum Gasteiger partial charge on any atom is 0.302 e. The van der Waals surface area contributed by atoms with Gasteiger partial charge in [-0.1, -0.05) is 30.3 Å². The molecule has 1 aromatic heterocycles. The summed E-state index contributed by atoms with van der Waals surface area (Å²) in [5.41, 5.74) is 1.18. The number of rotatable bonds is 7. The highest BCUT2D eigenvalue weighted by atomic mass is 16.5. The van der Waals surface area contributed by atoms with Gasteiger partial charge in [-0.05, 0) is 37.5 Å². The van der Waals surface area contributed by atoms with Gasteiger partial charge >= 0.3 is 5.91 Å². The zero-order valence-electron chi connectivity index (χ0n) is 17.6. The molecule has 2 aromatic carbocycles. The van der Waals surface area contributed by atoms with Crippen LogP contribution in [0.2, 0.25) is 0 Å². The SMILES string of the molecule is COc1ccccc1OCC(=O)N=Nc1c(O)n(C[NH+]2CCCCC2)c2ccccc12. The van der Waals surface area contributed by atoms with E-state index in [0.29, 0.717) is 23.9 Å². The Morgan fingerprint density at radius 3 is 2.55 bits per heavy atom. The van der Waals surface area contributed by atoms with Crippen molar-refractivity contribution in [2.75, 3.05) is 26.8 Å². The molecule has 1 fully saturated rings. The number of benzene rings is 2. The number of fused-ring (bicyclic) bond motifs is 1. The second-order valence-electron chi connectivity index (χ2n) is 7.62. The van der Waals surface area contributed by atoms with Crippen LogP contribution in [-0.2, 0) is 11.5 Å². The number of aromatic nitrogens is 1. The molecule has 0 saturated carbocycles. The molecule has 0 aliphatic carbocycles. The summed E-state index contributed by atoms with van der Waals surface area (Å²) in [5.74, 6) is 0.468. The summed E-state index contributed by atoms with van der Waals surface area (Å²) in [5, 5.41) is 19.5. The number of para-hydroxylation sites is 3. The Hall–Kier alpha value is -3.39. The maximum absolute atomic E-state index is 12.2. The zero-order valence-corrected chi connectivity index (χ0v) is 17.6. The number of likely N-dealkylation sites (tertiary alicyclic amines) is 1. The van der Waals surface area contributed by atoms with E-state index in [1.54, 1.807) is 18.2 Å². The highest BCUT2D eigenvalue weighted by molar-refractivity contribution is 5.95. The number of nitrogens with zero attached hydrogens (tertiary/aromatic N) is 3. The monoisotopic (exact) mass is 423 g/mol. The standard InChI is InChI=1S/C23H26N4O4/c1-30-19-11-5-6-12-20(19)31-15-21(28)24-25-22-17-9-3-4-10-18(17)27(23(22)29)16-26-13-7-2-8-14-26/h3-6,9-12,29H,2,7-8,13-16H2,1H3/p+1. The Labute approximate surface area is 180 Å². The zero-order chi connectivity index (χ0) is 21.6. The van der Waals surface area contributed by atoms with Gasteiger partial charge in [0.05, 0.1) is 25.7 Å². The largest absolute Gasteiger partial charge is 0.493 e. The van der Waals surface area contributed by atoms with E-state index in [1.165, 1.54) is 31.3 Å². The number of ether oxygens (including phenoxy) is 2. The first kappa shape index (κ1) is 20.9. The Bertz CT molecular complexity index is 1090. The van der Waals surface area contributed by atoms with Crippen LogP contribution < -0.4 is 14.4 Å². The number of azo groups is 1. The van der Waals surface area contributed by atoms with Crippen LogP contribution in [0.1, 0.15) is 19.3 Å². The number of aromatic hydroxyl groups is 1. The highest BCUT2D eigenvalue weighted by Gasteiger charge is 2.21. The summed E-state index contributed by atoms with van der Waals surface area (Å²) in [6, 6.07) is 14.7. The maximum atomic E-state index is 12.2. The van der Waals surface area contributed by atoms with Crippen LogP contribution in [0.5, 0.6) is 17.4 Å². The van der Waals surface area contributed by atoms with Crippen LogP contribution in [0, 0.1) is 0 Å². The Kier molecular flexibility index (Phi) is 6.47. The van der Waals surface area contributed by atoms with E-state index >= 15 is 0 Å². The van der Waals surface area contributed by atoms with Gasteiger partial charge in [-0.25, -0.2) is 0 Å². The van der Waals surface area contributed by atoms with Crippen molar-refractivity contribution in [1.82, 2.24) is 4.57 Å². The average molecular weight is 423 g/mol. The molecule has 2 N–H and O–H groups in total. The lowest BCUT2D eigenvalue weighted by Gasteiger charge is -2.24. The Balaban J connectivity index is 1.51. The van der Waals surface area contributed by atoms with E-state index in [1.807, 2.05) is 34.9 Å². The van der Waals surface area contributed by atoms with E-state index in [2.05, 4.69) is 10.2 Å². The average Bonchev–Trinajstić information content (AvgIpc) is 3.08. The first-order valence-electron chi connectivity index (χ1n) is 10.5. The van der Waals surface area contributed by atoms with E-state index in [4.69, 9.17) is 9.47 Å². The first-order chi connectivity index (χ1) is 15.2. The number of nitrogens with one attached hydrogen (secondary N) is 1. The molecule has 0 unspecified atom stereocenters. The number of hydrogen-bond donors (Lipinski definition) is 2. The van der Waals surface area contributed by atoms with Crippen molar-refractivity contribution in [3.8, 4) is 17.4 Å². The van der Waals surface area contributed by atoms with Gasteiger partial charge in [-0.2, -0.15) is 0 Å². The number of piperidine rings is 1. The third-order valence-corrected chi connectivity index (χ3v) is 5.54. The van der Waals surface area contributed by atoms with Crippen molar-refractivity contribution in [2.45, 2.75) is 25.9 Å². The quantitative estimate of drug-likeness (QED) is 0.572. The van der Waals surface area contributed by atoms with Crippen LogP contribution >= 0.6 is 0 Å². The van der Waals surface area contributed by atoms with Crippen molar-refractivity contribution >= 4 is 22.5 Å². The first-order valence-corrected chi connectivity index (χ1v) is 10.5. The Morgan fingerprint density at radius 1 is 1.06 bits per heavy atom. The molecular formula is C23H27N4O4+. The van der Waals surface area contributed by atoms with E-state index in [-0.39, 0.29) is 12.5 Å². The predicted molar refractivity (Wildman–Crippen MR) is 116 cm³/mol. The van der Waals surface area contributed by atoms with Gasteiger partial charge in [0.25, 0.3) is 0 Å². The highest BCUT2D eigenvalue weighted by Crippen LogP contribution is 2.38. The van der Waals surface area contributed by atoms with Crippen molar-refractivity contribution in [3.05, 3.63) is 48.5 Å². The minimum Gasteiger partial charge on any atom is -0.493 e. The van der Waals surface area contributed by atoms with Crippen molar-refractivity contribution in [3.63, 3.8) is 0 Å². The molecule has 31 heavy (non-hydrogen) atoms. The van der Waals surface area contributed by atoms with Crippen LogP contribution in [0.15, 0.2) is 58.8 Å². The van der Waals surface area contributed by atoms with Gasteiger partial charge < -0.3 is 19.5 Å². The number of hydrogen-bond acceptors (Lipinski definition) is 5. The third kappa shape index (κ3) is 4.69. The van der Waals surface area contributed by atoms with Crippen LogP contribution in [0.4, 0.5) is 5.69 Å². The number of methoxy groups -OCH3 is 1. The van der Waals surface area contributed by atoms with Crippen LogP contribution in [0.25, 0.3) is 10.9 Å². The summed E-state index contributed by atoms with van der Waals surface area (Å²) < 4.78 is 12.6. The number of amides is 1. The molecule has 1 aliphatic rings.